The van der Waals surface area contributed by atoms with Gasteiger partial charge in [-0.25, -0.2) is 8.42 Å². The van der Waals surface area contributed by atoms with E-state index in [1.54, 1.807) is 4.90 Å². The van der Waals surface area contributed by atoms with Gasteiger partial charge in [0.15, 0.2) is 0 Å². The highest BCUT2D eigenvalue weighted by Crippen LogP contribution is 2.35. The molecule has 0 aliphatic carbocycles. The van der Waals surface area contributed by atoms with Crippen molar-refractivity contribution in [3.05, 3.63) is 14.7 Å². The maximum atomic E-state index is 12.4. The molecule has 1 aromatic heterocycles. The normalized spacial score (nSPS) is 15.7. The van der Waals surface area contributed by atoms with E-state index in [-0.39, 0.29) is 34.1 Å². The van der Waals surface area contributed by atoms with Gasteiger partial charge in [0.05, 0.1) is 10.9 Å². The zero-order valence-electron chi connectivity index (χ0n) is 11.7. The van der Waals surface area contributed by atoms with Crippen LogP contribution in [-0.2, 0) is 14.8 Å². The summed E-state index contributed by atoms with van der Waals surface area (Å²) in [6, 6.07) is 1.30. The SMILES string of the molecule is CN(CC(=O)N1CCNCC1)S(=O)(=O)c1cc(Cl)sc1Cl.Cl. The summed E-state index contributed by atoms with van der Waals surface area (Å²) in [5, 5.41) is 3.13. The molecule has 2 rings (SSSR count). The number of amides is 1. The molecule has 1 aliphatic heterocycles. The fourth-order valence-electron chi connectivity index (χ4n) is 1.96. The fraction of sp³-hybridized carbons (Fsp3) is 0.545. The lowest BCUT2D eigenvalue weighted by Gasteiger charge is -2.29. The van der Waals surface area contributed by atoms with Gasteiger partial charge in [-0.05, 0) is 6.07 Å². The van der Waals surface area contributed by atoms with E-state index < -0.39 is 10.0 Å². The molecule has 0 aromatic carbocycles. The molecule has 1 amide bonds. The standard InChI is InChI=1S/C11H15Cl2N3O3S2.ClH/c1-15(7-10(17)16-4-2-14-3-5-16)21(18,19)8-6-9(12)20-11(8)13;/h6,14H,2-5,7H2,1H3;1H. The number of carbonyl (C=O) groups excluding carboxylic acids is 1. The minimum absolute atomic E-state index is 0. The number of piperazine rings is 1. The third-order valence-corrected chi connectivity index (χ3v) is 6.70. The Morgan fingerprint density at radius 2 is 2.00 bits per heavy atom. The van der Waals surface area contributed by atoms with Gasteiger partial charge in [-0.2, -0.15) is 4.31 Å². The quantitative estimate of drug-likeness (QED) is 0.820. The highest BCUT2D eigenvalue weighted by atomic mass is 35.5. The molecule has 22 heavy (non-hydrogen) atoms. The maximum Gasteiger partial charge on any atom is 0.245 e. The summed E-state index contributed by atoms with van der Waals surface area (Å²) in [5.74, 6) is -0.222. The van der Waals surface area contributed by atoms with Crippen LogP contribution in [0.4, 0.5) is 0 Å². The second-order valence-corrected chi connectivity index (χ2v) is 8.88. The number of nitrogens with one attached hydrogen (secondary N) is 1. The Morgan fingerprint density at radius 3 is 2.50 bits per heavy atom. The molecule has 2 heterocycles. The minimum Gasteiger partial charge on any atom is -0.339 e. The number of nitrogens with zero attached hydrogens (tertiary/aromatic N) is 2. The zero-order valence-corrected chi connectivity index (χ0v) is 15.7. The minimum atomic E-state index is -3.82. The Bertz CT molecular complexity index is 630. The first-order valence-corrected chi connectivity index (χ1v) is 9.23. The van der Waals surface area contributed by atoms with Crippen molar-refractivity contribution in [1.29, 1.82) is 0 Å². The molecule has 126 valence electrons. The highest BCUT2D eigenvalue weighted by Gasteiger charge is 2.29. The van der Waals surface area contributed by atoms with Crippen LogP contribution in [0.25, 0.3) is 0 Å². The van der Waals surface area contributed by atoms with E-state index in [2.05, 4.69) is 5.32 Å². The predicted octanol–water partition coefficient (Wildman–Crippen LogP) is 1.53. The van der Waals surface area contributed by atoms with Crippen LogP contribution in [0.3, 0.4) is 0 Å². The van der Waals surface area contributed by atoms with Gasteiger partial charge in [-0.3, -0.25) is 4.79 Å². The average molecular weight is 409 g/mol. The second kappa shape index (κ2) is 8.14. The smallest absolute Gasteiger partial charge is 0.245 e. The summed E-state index contributed by atoms with van der Waals surface area (Å²) < 4.78 is 26.2. The van der Waals surface area contributed by atoms with Crippen molar-refractivity contribution in [2.75, 3.05) is 39.8 Å². The predicted molar refractivity (Wildman–Crippen MR) is 90.9 cm³/mol. The van der Waals surface area contributed by atoms with E-state index in [0.717, 1.165) is 15.6 Å². The van der Waals surface area contributed by atoms with Crippen molar-refractivity contribution in [2.24, 2.45) is 0 Å². The molecular formula is C11H16Cl3N3O3S2. The summed E-state index contributed by atoms with van der Waals surface area (Å²) in [6.07, 6.45) is 0. The van der Waals surface area contributed by atoms with E-state index in [0.29, 0.717) is 30.5 Å². The van der Waals surface area contributed by atoms with E-state index >= 15 is 0 Å². The average Bonchev–Trinajstić information content (AvgIpc) is 2.79. The van der Waals surface area contributed by atoms with Gasteiger partial charge in [-0.15, -0.1) is 23.7 Å². The molecule has 1 aliphatic rings. The van der Waals surface area contributed by atoms with Crippen LogP contribution >= 0.6 is 46.9 Å². The zero-order chi connectivity index (χ0) is 15.6. The second-order valence-electron chi connectivity index (χ2n) is 4.58. The molecule has 0 bridgehead atoms. The molecule has 0 saturated carbocycles. The van der Waals surface area contributed by atoms with Crippen molar-refractivity contribution >= 4 is 62.9 Å². The van der Waals surface area contributed by atoms with Gasteiger partial charge >= 0.3 is 0 Å². The van der Waals surface area contributed by atoms with Gasteiger partial charge in [0.1, 0.15) is 9.23 Å². The summed E-state index contributed by atoms with van der Waals surface area (Å²) in [7, 11) is -2.46. The van der Waals surface area contributed by atoms with Crippen LogP contribution in [0.5, 0.6) is 0 Å². The first-order valence-electron chi connectivity index (χ1n) is 6.22. The molecule has 0 radical (unpaired) electrons. The fourth-order valence-corrected chi connectivity index (χ4v) is 5.19. The summed E-state index contributed by atoms with van der Waals surface area (Å²) in [6.45, 7) is 2.38. The number of carbonyl (C=O) groups is 1. The third-order valence-electron chi connectivity index (χ3n) is 3.14. The van der Waals surface area contributed by atoms with E-state index in [1.807, 2.05) is 0 Å². The number of hydrogen-bond acceptors (Lipinski definition) is 5. The topological polar surface area (TPSA) is 69.7 Å². The van der Waals surface area contributed by atoms with Crippen LogP contribution in [0.1, 0.15) is 0 Å². The summed E-state index contributed by atoms with van der Waals surface area (Å²) in [5.41, 5.74) is 0. The number of rotatable bonds is 4. The van der Waals surface area contributed by atoms with Crippen LogP contribution < -0.4 is 5.32 Å². The maximum absolute atomic E-state index is 12.4. The highest BCUT2D eigenvalue weighted by molar-refractivity contribution is 7.89. The van der Waals surface area contributed by atoms with Crippen LogP contribution in [0, 0.1) is 0 Å². The van der Waals surface area contributed by atoms with E-state index in [9.17, 15) is 13.2 Å². The Morgan fingerprint density at radius 1 is 1.41 bits per heavy atom. The lowest BCUT2D eigenvalue weighted by atomic mass is 10.3. The Kier molecular flexibility index (Phi) is 7.38. The molecule has 6 nitrogen and oxygen atoms in total. The summed E-state index contributed by atoms with van der Waals surface area (Å²) >= 11 is 12.6. The Labute approximate surface area is 149 Å². The van der Waals surface area contributed by atoms with E-state index in [4.69, 9.17) is 23.2 Å². The van der Waals surface area contributed by atoms with Gasteiger partial charge in [-0.1, -0.05) is 23.2 Å². The number of sulfonamides is 1. The molecule has 1 N–H and O–H groups in total. The Balaban J connectivity index is 0.00000242. The van der Waals surface area contributed by atoms with Crippen molar-refractivity contribution in [3.63, 3.8) is 0 Å². The molecule has 1 saturated heterocycles. The lowest BCUT2D eigenvalue weighted by Crippen LogP contribution is -2.49. The molecule has 0 spiro atoms. The number of thiophene rings is 1. The van der Waals surface area contributed by atoms with Gasteiger partial charge in [0.2, 0.25) is 15.9 Å². The number of likely N-dealkylation sites (N-methyl/N-ethyl adjacent to an activating group) is 1. The van der Waals surface area contributed by atoms with Crippen molar-refractivity contribution in [2.45, 2.75) is 4.90 Å². The van der Waals surface area contributed by atoms with Crippen molar-refractivity contribution < 1.29 is 13.2 Å². The van der Waals surface area contributed by atoms with Crippen LogP contribution in [0.15, 0.2) is 11.0 Å². The first kappa shape index (κ1) is 20.0. The molecule has 11 heteroatoms. The number of halogens is 3. The van der Waals surface area contributed by atoms with Gasteiger partial charge in [0, 0.05) is 33.2 Å². The molecule has 0 atom stereocenters. The summed E-state index contributed by atoms with van der Waals surface area (Å²) in [4.78, 5) is 13.7. The first-order chi connectivity index (χ1) is 9.82. The van der Waals surface area contributed by atoms with Crippen molar-refractivity contribution in [1.82, 2.24) is 14.5 Å². The molecule has 0 unspecified atom stereocenters. The van der Waals surface area contributed by atoms with Crippen LogP contribution in [-0.4, -0.2) is 63.3 Å². The van der Waals surface area contributed by atoms with Crippen LogP contribution in [0.2, 0.25) is 8.67 Å². The third kappa shape index (κ3) is 4.47. The number of hydrogen-bond donors (Lipinski definition) is 1. The van der Waals surface area contributed by atoms with Gasteiger partial charge < -0.3 is 10.2 Å². The largest absolute Gasteiger partial charge is 0.339 e. The molecule has 1 aromatic rings. The van der Waals surface area contributed by atoms with Gasteiger partial charge in [0.25, 0.3) is 0 Å². The molecular weight excluding hydrogens is 393 g/mol. The van der Waals surface area contributed by atoms with E-state index in [1.165, 1.54) is 13.1 Å². The molecule has 1 fully saturated rings. The lowest BCUT2D eigenvalue weighted by molar-refractivity contribution is -0.131. The Hall–Kier alpha value is -0.0900. The van der Waals surface area contributed by atoms with Crippen molar-refractivity contribution in [3.8, 4) is 0 Å². The monoisotopic (exact) mass is 407 g/mol.